The van der Waals surface area contributed by atoms with Crippen molar-refractivity contribution >= 4 is 11.3 Å². The molecule has 0 saturated carbocycles. The Hall–Kier alpha value is -1.65. The molecule has 1 aromatic heterocycles. The second-order valence-corrected chi connectivity index (χ2v) is 2.53. The van der Waals surface area contributed by atoms with Gasteiger partial charge in [-0.2, -0.15) is 4.98 Å². The lowest BCUT2D eigenvalue weighted by molar-refractivity contribution is 0.391. The van der Waals surface area contributed by atoms with Crippen molar-refractivity contribution in [1.29, 1.82) is 0 Å². The van der Waals surface area contributed by atoms with Crippen LogP contribution in [0.15, 0.2) is 15.7 Å². The summed E-state index contributed by atoms with van der Waals surface area (Å²) < 4.78 is 4.83. The van der Waals surface area contributed by atoms with E-state index in [0.717, 1.165) is 5.71 Å². The van der Waals surface area contributed by atoms with E-state index in [1.54, 1.807) is 14.0 Å². The minimum Gasteiger partial charge on any atom is -0.404 e. The zero-order valence-corrected chi connectivity index (χ0v) is 7.90. The molecule has 0 aliphatic rings. The first-order valence-corrected chi connectivity index (χ1v) is 3.85. The molecule has 0 bridgehead atoms. The molecule has 2 N–H and O–H groups in total. The van der Waals surface area contributed by atoms with Crippen molar-refractivity contribution in [3.8, 4) is 0 Å². The molecular weight excluding hydrogens is 168 g/mol. The lowest BCUT2D eigenvalue weighted by Gasteiger charge is -1.98. The standard InChI is InChI=1S/C8H12N4O/c1-5(10-3)7(4-9)8-11-6(2)13-12-8/h4H,9H2,1-3H3. The topological polar surface area (TPSA) is 77.3 Å². The third-order valence-electron chi connectivity index (χ3n) is 1.66. The van der Waals surface area contributed by atoms with Gasteiger partial charge in [0.2, 0.25) is 11.7 Å². The Bertz CT molecular complexity index is 351. The van der Waals surface area contributed by atoms with E-state index in [2.05, 4.69) is 15.1 Å². The van der Waals surface area contributed by atoms with Gasteiger partial charge in [0.1, 0.15) is 0 Å². The van der Waals surface area contributed by atoms with Gasteiger partial charge in [-0.05, 0) is 6.92 Å². The maximum absolute atomic E-state index is 5.43. The molecule has 70 valence electrons. The molecule has 0 radical (unpaired) electrons. The van der Waals surface area contributed by atoms with Crippen molar-refractivity contribution in [2.75, 3.05) is 7.05 Å². The van der Waals surface area contributed by atoms with Gasteiger partial charge < -0.3 is 10.3 Å². The van der Waals surface area contributed by atoms with E-state index in [9.17, 15) is 0 Å². The normalized spacial score (nSPS) is 13.5. The Kier molecular flexibility index (Phi) is 2.79. The SMILES string of the molecule is CN=C(C)C(=CN)c1noc(C)n1. The molecule has 5 heteroatoms. The fourth-order valence-corrected chi connectivity index (χ4v) is 0.886. The number of aryl methyl sites for hydroxylation is 1. The summed E-state index contributed by atoms with van der Waals surface area (Å²) in [5.74, 6) is 0.987. The van der Waals surface area contributed by atoms with Crippen LogP contribution in [-0.4, -0.2) is 22.9 Å². The van der Waals surface area contributed by atoms with Crippen molar-refractivity contribution in [3.63, 3.8) is 0 Å². The van der Waals surface area contributed by atoms with Crippen molar-refractivity contribution in [2.45, 2.75) is 13.8 Å². The number of hydrogen-bond donors (Lipinski definition) is 1. The first-order valence-electron chi connectivity index (χ1n) is 3.85. The predicted octanol–water partition coefficient (Wildman–Crippen LogP) is 0.768. The number of nitrogens with two attached hydrogens (primary N) is 1. The third-order valence-corrected chi connectivity index (χ3v) is 1.66. The Morgan fingerprint density at radius 2 is 2.31 bits per heavy atom. The molecular formula is C8H12N4O. The van der Waals surface area contributed by atoms with Crippen LogP contribution in [0.1, 0.15) is 18.6 Å². The van der Waals surface area contributed by atoms with Crippen LogP contribution in [0.5, 0.6) is 0 Å². The van der Waals surface area contributed by atoms with E-state index in [4.69, 9.17) is 10.3 Å². The molecule has 0 spiro atoms. The van der Waals surface area contributed by atoms with Crippen molar-refractivity contribution in [2.24, 2.45) is 10.7 Å². The molecule has 0 aliphatic carbocycles. The molecule has 0 fully saturated rings. The van der Waals surface area contributed by atoms with Gasteiger partial charge in [-0.1, -0.05) is 5.16 Å². The van der Waals surface area contributed by atoms with Crippen LogP contribution < -0.4 is 5.73 Å². The number of rotatable bonds is 2. The Morgan fingerprint density at radius 3 is 2.69 bits per heavy atom. The van der Waals surface area contributed by atoms with Gasteiger partial charge in [0.25, 0.3) is 0 Å². The van der Waals surface area contributed by atoms with Gasteiger partial charge >= 0.3 is 0 Å². The van der Waals surface area contributed by atoms with Gasteiger partial charge in [0.05, 0.1) is 5.57 Å². The molecule has 5 nitrogen and oxygen atoms in total. The smallest absolute Gasteiger partial charge is 0.223 e. The minimum absolute atomic E-state index is 0.475. The van der Waals surface area contributed by atoms with Gasteiger partial charge in [0, 0.05) is 25.9 Å². The average Bonchev–Trinajstić information content (AvgIpc) is 2.53. The van der Waals surface area contributed by atoms with Crippen LogP contribution in [-0.2, 0) is 0 Å². The van der Waals surface area contributed by atoms with Crippen LogP contribution in [0.25, 0.3) is 5.57 Å². The summed E-state index contributed by atoms with van der Waals surface area (Å²) in [5.41, 5.74) is 6.90. The van der Waals surface area contributed by atoms with Gasteiger partial charge in [-0.3, -0.25) is 4.99 Å². The fraction of sp³-hybridized carbons (Fsp3) is 0.375. The van der Waals surface area contributed by atoms with Crippen molar-refractivity contribution in [3.05, 3.63) is 17.9 Å². The van der Waals surface area contributed by atoms with Crippen LogP contribution in [0, 0.1) is 6.92 Å². The lowest BCUT2D eigenvalue weighted by atomic mass is 10.2. The zero-order chi connectivity index (χ0) is 9.84. The number of nitrogens with zero attached hydrogens (tertiary/aromatic N) is 3. The summed E-state index contributed by atoms with van der Waals surface area (Å²) in [6.45, 7) is 3.56. The van der Waals surface area contributed by atoms with E-state index in [1.165, 1.54) is 6.20 Å². The highest BCUT2D eigenvalue weighted by atomic mass is 16.5. The summed E-state index contributed by atoms with van der Waals surface area (Å²) in [7, 11) is 1.69. The first kappa shape index (κ1) is 9.44. The number of allylic oxidation sites excluding steroid dienone is 1. The minimum atomic E-state index is 0.475. The van der Waals surface area contributed by atoms with E-state index in [-0.39, 0.29) is 0 Å². The molecule has 1 rings (SSSR count). The van der Waals surface area contributed by atoms with E-state index >= 15 is 0 Å². The zero-order valence-electron chi connectivity index (χ0n) is 7.90. The maximum Gasteiger partial charge on any atom is 0.223 e. The van der Waals surface area contributed by atoms with Crippen LogP contribution in [0.4, 0.5) is 0 Å². The average molecular weight is 180 g/mol. The quantitative estimate of drug-likeness (QED) is 0.682. The highest BCUT2D eigenvalue weighted by molar-refractivity contribution is 6.21. The number of aromatic nitrogens is 2. The monoisotopic (exact) mass is 180 g/mol. The Labute approximate surface area is 76.4 Å². The highest BCUT2D eigenvalue weighted by Gasteiger charge is 2.10. The van der Waals surface area contributed by atoms with E-state index in [1.807, 2.05) is 6.92 Å². The summed E-state index contributed by atoms with van der Waals surface area (Å²) in [4.78, 5) is 8.04. The maximum atomic E-state index is 5.43. The Morgan fingerprint density at radius 1 is 1.62 bits per heavy atom. The molecule has 13 heavy (non-hydrogen) atoms. The second kappa shape index (κ2) is 3.84. The highest BCUT2D eigenvalue weighted by Crippen LogP contribution is 2.10. The van der Waals surface area contributed by atoms with E-state index < -0.39 is 0 Å². The van der Waals surface area contributed by atoms with Crippen LogP contribution >= 0.6 is 0 Å². The van der Waals surface area contributed by atoms with Crippen molar-refractivity contribution < 1.29 is 4.52 Å². The number of aliphatic imine (C=N–C) groups is 1. The Balaban J connectivity index is 3.06. The van der Waals surface area contributed by atoms with Gasteiger partial charge in [0.15, 0.2) is 0 Å². The summed E-state index contributed by atoms with van der Waals surface area (Å²) in [6.07, 6.45) is 1.42. The molecule has 0 unspecified atom stereocenters. The van der Waals surface area contributed by atoms with Crippen LogP contribution in [0.3, 0.4) is 0 Å². The molecule has 1 heterocycles. The van der Waals surface area contributed by atoms with E-state index in [0.29, 0.717) is 17.3 Å². The first-order chi connectivity index (χ1) is 6.19. The summed E-state index contributed by atoms with van der Waals surface area (Å²) >= 11 is 0. The van der Waals surface area contributed by atoms with Crippen molar-refractivity contribution in [1.82, 2.24) is 10.1 Å². The largest absolute Gasteiger partial charge is 0.404 e. The molecule has 0 saturated heterocycles. The predicted molar refractivity (Wildman–Crippen MR) is 50.2 cm³/mol. The molecule has 0 amide bonds. The number of hydrogen-bond acceptors (Lipinski definition) is 5. The van der Waals surface area contributed by atoms with Gasteiger partial charge in [-0.15, -0.1) is 0 Å². The molecule has 0 aromatic carbocycles. The fourth-order valence-electron chi connectivity index (χ4n) is 0.886. The molecule has 0 aliphatic heterocycles. The second-order valence-electron chi connectivity index (χ2n) is 2.53. The third kappa shape index (κ3) is 1.93. The molecule has 0 atom stereocenters. The lowest BCUT2D eigenvalue weighted by Crippen LogP contribution is -2.01. The van der Waals surface area contributed by atoms with Gasteiger partial charge in [-0.25, -0.2) is 0 Å². The summed E-state index contributed by atoms with van der Waals surface area (Å²) in [6, 6.07) is 0. The van der Waals surface area contributed by atoms with Crippen LogP contribution in [0.2, 0.25) is 0 Å². The summed E-state index contributed by atoms with van der Waals surface area (Å²) in [5, 5.41) is 3.74. The molecule has 1 aromatic rings.